The number of rotatable bonds is 2. The maximum atomic E-state index is 12.7. The van der Waals surface area contributed by atoms with Gasteiger partial charge in [-0.05, 0) is 55.3 Å². The van der Waals surface area contributed by atoms with Gasteiger partial charge in [0.2, 0.25) is 0 Å². The first-order valence-electron chi connectivity index (χ1n) is 9.19. The van der Waals surface area contributed by atoms with Gasteiger partial charge in [-0.1, -0.05) is 12.1 Å². The summed E-state index contributed by atoms with van der Waals surface area (Å²) in [5.74, 6) is 0. The van der Waals surface area contributed by atoms with Crippen molar-refractivity contribution in [2.45, 2.75) is 19.9 Å². The van der Waals surface area contributed by atoms with E-state index in [1.807, 2.05) is 37.4 Å². The molecule has 0 unspecified atom stereocenters. The number of nitrogens with one attached hydrogen (secondary N) is 2. The molecule has 0 fully saturated rings. The van der Waals surface area contributed by atoms with Crippen molar-refractivity contribution in [2.75, 3.05) is 6.54 Å². The first kappa shape index (κ1) is 16.0. The SMILES string of the molecule is Cc1ccc(-c2ccn(-c3ccc4c5c([nH]c4c3)CNCC5)c(=O)c2)cn1. The molecular formula is C22H20N4O. The van der Waals surface area contributed by atoms with Gasteiger partial charge in [0.05, 0.1) is 5.69 Å². The second-order valence-electron chi connectivity index (χ2n) is 7.05. The summed E-state index contributed by atoms with van der Waals surface area (Å²) in [4.78, 5) is 20.5. The Kier molecular flexibility index (Phi) is 3.69. The van der Waals surface area contributed by atoms with Crippen molar-refractivity contribution in [3.8, 4) is 16.8 Å². The van der Waals surface area contributed by atoms with Crippen molar-refractivity contribution >= 4 is 10.9 Å². The summed E-state index contributed by atoms with van der Waals surface area (Å²) in [6.07, 6.45) is 4.68. The van der Waals surface area contributed by atoms with Gasteiger partial charge in [0.25, 0.3) is 5.56 Å². The van der Waals surface area contributed by atoms with Gasteiger partial charge >= 0.3 is 0 Å². The molecule has 0 saturated carbocycles. The highest BCUT2D eigenvalue weighted by Crippen LogP contribution is 2.27. The molecule has 4 heterocycles. The van der Waals surface area contributed by atoms with E-state index in [1.165, 1.54) is 16.6 Å². The highest BCUT2D eigenvalue weighted by Gasteiger charge is 2.15. The molecule has 5 rings (SSSR count). The minimum absolute atomic E-state index is 0.0505. The second kappa shape index (κ2) is 6.21. The molecule has 0 amide bonds. The van der Waals surface area contributed by atoms with E-state index in [9.17, 15) is 4.79 Å². The number of aryl methyl sites for hydroxylation is 1. The van der Waals surface area contributed by atoms with Gasteiger partial charge in [-0.25, -0.2) is 0 Å². The highest BCUT2D eigenvalue weighted by atomic mass is 16.1. The van der Waals surface area contributed by atoms with Gasteiger partial charge in [-0.3, -0.25) is 14.3 Å². The molecule has 134 valence electrons. The number of fused-ring (bicyclic) bond motifs is 3. The fraction of sp³-hybridized carbons (Fsp3) is 0.182. The van der Waals surface area contributed by atoms with Crippen LogP contribution in [0.3, 0.4) is 0 Å². The van der Waals surface area contributed by atoms with Crippen LogP contribution in [0.25, 0.3) is 27.7 Å². The number of aromatic nitrogens is 3. The molecule has 5 nitrogen and oxygen atoms in total. The molecule has 1 aromatic carbocycles. The Bertz CT molecular complexity index is 1200. The van der Waals surface area contributed by atoms with Crippen LogP contribution in [0.15, 0.2) is 59.7 Å². The van der Waals surface area contributed by atoms with Crippen LogP contribution in [0.4, 0.5) is 0 Å². The van der Waals surface area contributed by atoms with Crippen LogP contribution in [0.1, 0.15) is 17.0 Å². The Labute approximate surface area is 156 Å². The summed E-state index contributed by atoms with van der Waals surface area (Å²) in [6, 6.07) is 13.8. The molecule has 0 atom stereocenters. The molecule has 2 N–H and O–H groups in total. The summed E-state index contributed by atoms with van der Waals surface area (Å²) in [5.41, 5.74) is 7.34. The molecule has 0 bridgehead atoms. The van der Waals surface area contributed by atoms with Crippen molar-refractivity contribution in [3.63, 3.8) is 0 Å². The van der Waals surface area contributed by atoms with Crippen LogP contribution < -0.4 is 10.9 Å². The van der Waals surface area contributed by atoms with Crippen molar-refractivity contribution in [3.05, 3.63) is 82.2 Å². The van der Waals surface area contributed by atoms with Crippen molar-refractivity contribution in [1.82, 2.24) is 19.9 Å². The number of aromatic amines is 1. The number of hydrogen-bond acceptors (Lipinski definition) is 3. The fourth-order valence-corrected chi connectivity index (χ4v) is 3.82. The predicted octanol–water partition coefficient (Wildman–Crippen LogP) is 3.33. The minimum Gasteiger partial charge on any atom is -0.357 e. The first-order valence-corrected chi connectivity index (χ1v) is 9.19. The number of benzene rings is 1. The number of H-pyrrole nitrogens is 1. The Morgan fingerprint density at radius 3 is 2.81 bits per heavy atom. The zero-order valence-corrected chi connectivity index (χ0v) is 15.1. The van der Waals surface area contributed by atoms with Gasteiger partial charge in [-0.15, -0.1) is 0 Å². The van der Waals surface area contributed by atoms with E-state index in [0.717, 1.165) is 47.5 Å². The quantitative estimate of drug-likeness (QED) is 0.579. The lowest BCUT2D eigenvalue weighted by molar-refractivity contribution is 0.637. The Morgan fingerprint density at radius 2 is 2.00 bits per heavy atom. The van der Waals surface area contributed by atoms with Gasteiger partial charge in [0.15, 0.2) is 0 Å². The lowest BCUT2D eigenvalue weighted by Gasteiger charge is -2.12. The lowest BCUT2D eigenvalue weighted by atomic mass is 10.0. The summed E-state index contributed by atoms with van der Waals surface area (Å²) in [6.45, 7) is 3.83. The monoisotopic (exact) mass is 356 g/mol. The highest BCUT2D eigenvalue weighted by molar-refractivity contribution is 5.86. The molecule has 4 aromatic rings. The summed E-state index contributed by atoms with van der Waals surface area (Å²) < 4.78 is 1.68. The van der Waals surface area contributed by atoms with E-state index in [0.29, 0.717) is 0 Å². The molecule has 0 radical (unpaired) electrons. The van der Waals surface area contributed by atoms with E-state index in [-0.39, 0.29) is 5.56 Å². The normalized spacial score (nSPS) is 13.7. The largest absolute Gasteiger partial charge is 0.357 e. The number of hydrogen-bond donors (Lipinski definition) is 2. The standard InChI is InChI=1S/C22H20N4O/c1-14-2-3-16(12-24-14)15-7-9-26(22(27)10-15)17-4-5-18-19-6-8-23-13-21(19)25-20(18)11-17/h2-5,7,9-12,23,25H,6,8,13H2,1H3. The van der Waals surface area contributed by atoms with Crippen LogP contribution in [0, 0.1) is 6.92 Å². The summed E-state index contributed by atoms with van der Waals surface area (Å²) in [5, 5.41) is 4.65. The number of pyridine rings is 2. The zero-order chi connectivity index (χ0) is 18.4. The molecule has 27 heavy (non-hydrogen) atoms. The van der Waals surface area contributed by atoms with E-state index in [4.69, 9.17) is 0 Å². The molecule has 1 aliphatic heterocycles. The van der Waals surface area contributed by atoms with E-state index in [2.05, 4.69) is 27.4 Å². The maximum Gasteiger partial charge on any atom is 0.255 e. The molecular weight excluding hydrogens is 336 g/mol. The zero-order valence-electron chi connectivity index (χ0n) is 15.1. The number of nitrogens with zero attached hydrogens (tertiary/aromatic N) is 2. The summed E-state index contributed by atoms with van der Waals surface area (Å²) >= 11 is 0. The van der Waals surface area contributed by atoms with E-state index in [1.54, 1.807) is 16.8 Å². The van der Waals surface area contributed by atoms with Gasteiger partial charge in [0.1, 0.15) is 0 Å². The van der Waals surface area contributed by atoms with Gasteiger partial charge in [-0.2, -0.15) is 0 Å². The smallest absolute Gasteiger partial charge is 0.255 e. The van der Waals surface area contributed by atoms with E-state index >= 15 is 0 Å². The third-order valence-electron chi connectivity index (χ3n) is 5.27. The van der Waals surface area contributed by atoms with Gasteiger partial charge < -0.3 is 10.3 Å². The average Bonchev–Trinajstić information content (AvgIpc) is 3.06. The molecule has 0 aliphatic carbocycles. The lowest BCUT2D eigenvalue weighted by Crippen LogP contribution is -2.22. The summed E-state index contributed by atoms with van der Waals surface area (Å²) in [7, 11) is 0. The van der Waals surface area contributed by atoms with Crippen LogP contribution in [0.5, 0.6) is 0 Å². The maximum absolute atomic E-state index is 12.7. The van der Waals surface area contributed by atoms with Crippen molar-refractivity contribution in [2.24, 2.45) is 0 Å². The molecule has 3 aromatic heterocycles. The molecule has 0 saturated heterocycles. The third-order valence-corrected chi connectivity index (χ3v) is 5.27. The second-order valence-corrected chi connectivity index (χ2v) is 7.05. The van der Waals surface area contributed by atoms with Crippen LogP contribution >= 0.6 is 0 Å². The fourth-order valence-electron chi connectivity index (χ4n) is 3.82. The Morgan fingerprint density at radius 1 is 1.07 bits per heavy atom. The molecule has 0 spiro atoms. The average molecular weight is 356 g/mol. The van der Waals surface area contributed by atoms with Crippen molar-refractivity contribution in [1.29, 1.82) is 0 Å². The third kappa shape index (κ3) is 2.76. The molecule has 5 heteroatoms. The molecule has 1 aliphatic rings. The van der Waals surface area contributed by atoms with Crippen molar-refractivity contribution < 1.29 is 0 Å². The first-order chi connectivity index (χ1) is 13.2. The topological polar surface area (TPSA) is 62.7 Å². The minimum atomic E-state index is -0.0505. The van der Waals surface area contributed by atoms with Crippen LogP contribution in [-0.2, 0) is 13.0 Å². The Balaban J connectivity index is 1.56. The van der Waals surface area contributed by atoms with Crippen LogP contribution in [0.2, 0.25) is 0 Å². The Hall–Kier alpha value is -3.18. The predicted molar refractivity (Wildman–Crippen MR) is 107 cm³/mol. The van der Waals surface area contributed by atoms with Gasteiger partial charge in [0, 0.05) is 52.9 Å². The van der Waals surface area contributed by atoms with E-state index < -0.39 is 0 Å². The van der Waals surface area contributed by atoms with Crippen LogP contribution in [-0.4, -0.2) is 21.1 Å².